The predicted molar refractivity (Wildman–Crippen MR) is 127 cm³/mol. The Morgan fingerprint density at radius 3 is 2.03 bits per heavy atom. The van der Waals surface area contributed by atoms with E-state index in [9.17, 15) is 14.7 Å². The van der Waals surface area contributed by atoms with Gasteiger partial charge in [-0.3, -0.25) is 9.59 Å². The second-order valence-corrected chi connectivity index (χ2v) is 9.99. The molecule has 2 aliphatic heterocycles. The van der Waals surface area contributed by atoms with Crippen molar-refractivity contribution < 1.29 is 33.6 Å². The number of rotatable bonds is 11. The Morgan fingerprint density at radius 1 is 0.882 bits per heavy atom. The molecule has 7 nitrogen and oxygen atoms in total. The van der Waals surface area contributed by atoms with E-state index in [2.05, 4.69) is 0 Å². The number of aliphatic hydroxyl groups is 1. The maximum absolute atomic E-state index is 12.6. The molecule has 1 N–H and O–H groups in total. The number of benzene rings is 1. The van der Waals surface area contributed by atoms with Gasteiger partial charge >= 0.3 is 11.9 Å². The largest absolute Gasteiger partial charge is 0.462 e. The van der Waals surface area contributed by atoms with E-state index in [-0.39, 0.29) is 60.9 Å². The number of carbonyl (C=O) groups excluding carboxylic acids is 2. The zero-order valence-corrected chi connectivity index (χ0v) is 20.9. The molecule has 2 aliphatic rings. The first-order chi connectivity index (χ1) is 16.2. The van der Waals surface area contributed by atoms with Gasteiger partial charge < -0.3 is 24.1 Å². The van der Waals surface area contributed by atoms with Crippen LogP contribution in [-0.4, -0.2) is 53.7 Å². The van der Waals surface area contributed by atoms with E-state index in [0.29, 0.717) is 12.8 Å². The fraction of sp³-hybridized carbons (Fsp3) is 0.704. The third-order valence-corrected chi connectivity index (χ3v) is 6.88. The first kappa shape index (κ1) is 26.6. The van der Waals surface area contributed by atoms with Crippen LogP contribution in [0.4, 0.5) is 0 Å². The van der Waals surface area contributed by atoms with Crippen molar-refractivity contribution in [3.05, 3.63) is 35.9 Å². The second kappa shape index (κ2) is 12.7. The van der Waals surface area contributed by atoms with Crippen molar-refractivity contribution >= 4 is 11.9 Å². The van der Waals surface area contributed by atoms with Gasteiger partial charge in [0.25, 0.3) is 0 Å². The Hall–Kier alpha value is -1.96. The summed E-state index contributed by atoms with van der Waals surface area (Å²) >= 11 is 0. The average molecular weight is 477 g/mol. The molecule has 0 saturated carbocycles. The van der Waals surface area contributed by atoms with Gasteiger partial charge in [0.05, 0.1) is 42.4 Å². The van der Waals surface area contributed by atoms with Crippen LogP contribution in [0.15, 0.2) is 30.3 Å². The van der Waals surface area contributed by atoms with Gasteiger partial charge in [0.1, 0.15) is 12.7 Å². The van der Waals surface area contributed by atoms with Crippen LogP contribution in [0.5, 0.6) is 0 Å². The van der Waals surface area contributed by atoms with Gasteiger partial charge in [0.15, 0.2) is 0 Å². The molecule has 0 amide bonds. The lowest BCUT2D eigenvalue weighted by Crippen LogP contribution is -2.32. The molecule has 0 aromatic heterocycles. The highest BCUT2D eigenvalue weighted by atomic mass is 16.6. The molecule has 34 heavy (non-hydrogen) atoms. The number of esters is 2. The molecule has 2 heterocycles. The predicted octanol–water partition coefficient (Wildman–Crippen LogP) is 4.19. The van der Waals surface area contributed by atoms with Crippen LogP contribution >= 0.6 is 0 Å². The van der Waals surface area contributed by atoms with Crippen molar-refractivity contribution in [3.63, 3.8) is 0 Å². The van der Waals surface area contributed by atoms with Gasteiger partial charge in [0.2, 0.25) is 0 Å². The Kier molecular flexibility index (Phi) is 9.92. The van der Waals surface area contributed by atoms with Gasteiger partial charge in [0, 0.05) is 6.42 Å². The Labute approximate surface area is 203 Å². The number of aliphatic hydroxyl groups excluding tert-OH is 1. The van der Waals surface area contributed by atoms with E-state index in [0.717, 1.165) is 31.2 Å². The number of hydrogen-bond acceptors (Lipinski definition) is 7. The van der Waals surface area contributed by atoms with Gasteiger partial charge in [-0.25, -0.2) is 0 Å². The maximum Gasteiger partial charge on any atom is 0.311 e. The summed E-state index contributed by atoms with van der Waals surface area (Å²) in [5.74, 6) is -1.21. The van der Waals surface area contributed by atoms with Gasteiger partial charge in [-0.1, -0.05) is 30.3 Å². The van der Waals surface area contributed by atoms with Crippen LogP contribution in [-0.2, 0) is 35.1 Å². The SMILES string of the molecule is C[C@H](C(=O)O[C@@H](C)C[C@@H]1CC[C@H]([C@@H](C)C(=O)OCc2ccccc2)O1)[C@@H]1CC[C@H](C[C@@H](C)O)O1. The monoisotopic (exact) mass is 476 g/mol. The molecule has 2 fully saturated rings. The third kappa shape index (κ3) is 7.79. The average Bonchev–Trinajstić information content (AvgIpc) is 3.46. The molecule has 1 aromatic rings. The van der Waals surface area contributed by atoms with Gasteiger partial charge in [-0.05, 0) is 65.4 Å². The minimum absolute atomic E-state index is 0.00266. The van der Waals surface area contributed by atoms with E-state index in [1.807, 2.05) is 51.1 Å². The summed E-state index contributed by atoms with van der Waals surface area (Å²) in [5, 5.41) is 9.55. The third-order valence-electron chi connectivity index (χ3n) is 6.88. The van der Waals surface area contributed by atoms with Crippen molar-refractivity contribution in [3.8, 4) is 0 Å². The molecule has 0 aliphatic carbocycles. The lowest BCUT2D eigenvalue weighted by atomic mass is 10.0. The molecule has 1 aromatic carbocycles. The smallest absolute Gasteiger partial charge is 0.311 e. The molecule has 8 atom stereocenters. The minimum Gasteiger partial charge on any atom is -0.462 e. The standard InChI is InChI=1S/C27H40O7/c1-17(28)14-22-10-12-25(33-22)20(4)27(30)32-18(2)15-23-11-13-24(34-23)19(3)26(29)31-16-21-8-6-5-7-9-21/h5-9,17-20,22-25,28H,10-16H2,1-4H3/t17-,18+,19-,20+,22-,23+,24-,25+/m1/s1. The fourth-order valence-electron chi connectivity index (χ4n) is 4.82. The molecule has 0 spiro atoms. The highest BCUT2D eigenvalue weighted by Crippen LogP contribution is 2.31. The molecule has 0 radical (unpaired) electrons. The summed E-state index contributed by atoms with van der Waals surface area (Å²) in [5.41, 5.74) is 0.958. The highest BCUT2D eigenvalue weighted by molar-refractivity contribution is 5.73. The molecular weight excluding hydrogens is 436 g/mol. The molecule has 0 bridgehead atoms. The zero-order chi connectivity index (χ0) is 24.7. The lowest BCUT2D eigenvalue weighted by Gasteiger charge is -2.24. The summed E-state index contributed by atoms with van der Waals surface area (Å²) in [6, 6.07) is 9.62. The van der Waals surface area contributed by atoms with E-state index < -0.39 is 6.10 Å². The number of ether oxygens (including phenoxy) is 4. The van der Waals surface area contributed by atoms with Crippen LogP contribution < -0.4 is 0 Å². The first-order valence-corrected chi connectivity index (χ1v) is 12.6. The summed E-state index contributed by atoms with van der Waals surface area (Å²) in [6.45, 7) is 7.58. The first-order valence-electron chi connectivity index (χ1n) is 12.6. The Balaban J connectivity index is 1.37. The van der Waals surface area contributed by atoms with Crippen LogP contribution in [0.25, 0.3) is 0 Å². The van der Waals surface area contributed by atoms with Gasteiger partial charge in [-0.2, -0.15) is 0 Å². The van der Waals surface area contributed by atoms with E-state index in [1.165, 1.54) is 0 Å². The van der Waals surface area contributed by atoms with Gasteiger partial charge in [-0.15, -0.1) is 0 Å². The summed E-state index contributed by atoms with van der Waals surface area (Å²) in [7, 11) is 0. The van der Waals surface area contributed by atoms with E-state index in [4.69, 9.17) is 18.9 Å². The summed E-state index contributed by atoms with van der Waals surface area (Å²) in [6.07, 6.45) is 3.35. The normalized spacial score (nSPS) is 28.1. The van der Waals surface area contributed by atoms with Crippen LogP contribution in [0.2, 0.25) is 0 Å². The van der Waals surface area contributed by atoms with Crippen molar-refractivity contribution in [1.82, 2.24) is 0 Å². The van der Waals surface area contributed by atoms with E-state index >= 15 is 0 Å². The van der Waals surface area contributed by atoms with Crippen molar-refractivity contribution in [1.29, 1.82) is 0 Å². The van der Waals surface area contributed by atoms with Crippen LogP contribution in [0, 0.1) is 11.8 Å². The number of hydrogen-bond donors (Lipinski definition) is 1. The molecule has 2 saturated heterocycles. The van der Waals surface area contributed by atoms with E-state index in [1.54, 1.807) is 6.92 Å². The minimum atomic E-state index is -0.408. The number of carbonyl (C=O) groups is 2. The molecule has 3 rings (SSSR count). The second-order valence-electron chi connectivity index (χ2n) is 9.99. The summed E-state index contributed by atoms with van der Waals surface area (Å²) < 4.78 is 23.2. The molecule has 0 unspecified atom stereocenters. The van der Waals surface area contributed by atoms with Crippen molar-refractivity contribution in [2.75, 3.05) is 0 Å². The molecule has 190 valence electrons. The Bertz CT molecular complexity index is 780. The fourth-order valence-corrected chi connectivity index (χ4v) is 4.82. The Morgan fingerprint density at radius 2 is 1.44 bits per heavy atom. The maximum atomic E-state index is 12.6. The van der Waals surface area contributed by atoms with Crippen LogP contribution in [0.3, 0.4) is 0 Å². The summed E-state index contributed by atoms with van der Waals surface area (Å²) in [4.78, 5) is 25.1. The zero-order valence-electron chi connectivity index (χ0n) is 20.9. The van der Waals surface area contributed by atoms with Crippen LogP contribution in [0.1, 0.15) is 71.8 Å². The highest BCUT2D eigenvalue weighted by Gasteiger charge is 2.37. The molecular formula is C27H40O7. The lowest BCUT2D eigenvalue weighted by molar-refractivity contribution is -0.159. The van der Waals surface area contributed by atoms with Crippen molar-refractivity contribution in [2.45, 2.75) is 109 Å². The molecule has 7 heteroatoms. The quantitative estimate of drug-likeness (QED) is 0.479. The topological polar surface area (TPSA) is 91.3 Å². The van der Waals surface area contributed by atoms with Crippen molar-refractivity contribution in [2.24, 2.45) is 11.8 Å².